The Morgan fingerprint density at radius 3 is 2.30 bits per heavy atom. The van der Waals surface area contributed by atoms with Gasteiger partial charge in [0, 0.05) is 51.9 Å². The molecule has 6 rings (SSSR count). The zero-order valence-electron chi connectivity index (χ0n) is 39.8. The molecule has 0 aromatic heterocycles. The quantitative estimate of drug-likeness (QED) is 0.0408. The summed E-state index contributed by atoms with van der Waals surface area (Å²) in [7, 11) is 1.28. The van der Waals surface area contributed by atoms with Gasteiger partial charge in [0.2, 0.25) is 0 Å². The molecule has 1 saturated heterocycles. The van der Waals surface area contributed by atoms with Gasteiger partial charge in [-0.15, -0.1) is 0 Å². The van der Waals surface area contributed by atoms with Crippen molar-refractivity contribution in [3.05, 3.63) is 116 Å². The first-order chi connectivity index (χ1) is 30.8. The van der Waals surface area contributed by atoms with Gasteiger partial charge in [-0.05, 0) is 99.3 Å². The predicted octanol–water partition coefficient (Wildman–Crippen LogP) is 11.9. The van der Waals surface area contributed by atoms with Gasteiger partial charge in [-0.2, -0.15) is 0 Å². The van der Waals surface area contributed by atoms with Crippen molar-refractivity contribution < 1.29 is 29.0 Å². The number of fused-ring (bicyclic) bond motifs is 5. The molecule has 10 nitrogen and oxygen atoms in total. The minimum atomic E-state index is -1.23. The van der Waals surface area contributed by atoms with Gasteiger partial charge in [0.1, 0.15) is 12.5 Å². The van der Waals surface area contributed by atoms with Crippen LogP contribution >= 0.6 is 0 Å². The summed E-state index contributed by atoms with van der Waals surface area (Å²) in [5.74, 6) is -1.63. The van der Waals surface area contributed by atoms with Crippen LogP contribution in [0.3, 0.4) is 0 Å². The molecular formula is C54H70N4O6. The lowest BCUT2D eigenvalue weighted by molar-refractivity contribution is -0.146. The number of carbonyl (C=O) groups excluding carboxylic acids is 3. The number of aliphatic hydroxyl groups excluding tert-OH is 1. The van der Waals surface area contributed by atoms with Gasteiger partial charge in [0.25, 0.3) is 0 Å². The molecule has 5 aliphatic heterocycles. The Kier molecular flexibility index (Phi) is 16.2. The highest BCUT2D eigenvalue weighted by atomic mass is 16.5. The standard InChI is InChI=1S/C54H70N4O6/c1-11-14-15-18-31(4)19-16-20-32(5)21-17-22-33(6)25-26-64-47(60)24-23-39-35(8)42-28-46-40(30-59)38(13-3)45(56-46)27-41-34(7)37(12-2)44(55-41)29-43-36(9)48-52(58-43)49(51(39)57-42)50(53(48)61)54(62)63-10/h13,25,27-32,35,39,50,57,59H,3,11-12,14-24,26H2,1-2,4-10H3/b33-25+,40-30+,41-27?,42-28?,43-29?,51-49?/t31?,32?,35-,39-,50+/m0/s1. The van der Waals surface area contributed by atoms with E-state index in [4.69, 9.17) is 24.5 Å². The van der Waals surface area contributed by atoms with Crippen LogP contribution in [0.2, 0.25) is 0 Å². The zero-order valence-corrected chi connectivity index (χ0v) is 39.8. The van der Waals surface area contributed by atoms with Gasteiger partial charge in [-0.1, -0.05) is 104 Å². The zero-order chi connectivity index (χ0) is 46.2. The fourth-order valence-corrected chi connectivity index (χ4v) is 10.0. The average molecular weight is 871 g/mol. The molecule has 0 aromatic carbocycles. The topological polar surface area (TPSA) is 139 Å². The van der Waals surface area contributed by atoms with Crippen molar-refractivity contribution in [1.82, 2.24) is 5.32 Å². The lowest BCUT2D eigenvalue weighted by atomic mass is 9.85. The molecule has 8 bridgehead atoms. The fraction of sp³-hybridized carbons (Fsp3) is 0.519. The van der Waals surface area contributed by atoms with E-state index in [1.165, 1.54) is 64.0 Å². The molecule has 10 heteroatoms. The monoisotopic (exact) mass is 871 g/mol. The average Bonchev–Trinajstić information content (AvgIpc) is 4.02. The number of rotatable bonds is 20. The smallest absolute Gasteiger partial charge is 0.321 e. The van der Waals surface area contributed by atoms with Crippen LogP contribution in [-0.2, 0) is 23.9 Å². The van der Waals surface area contributed by atoms with Gasteiger partial charge >= 0.3 is 11.9 Å². The van der Waals surface area contributed by atoms with Crippen LogP contribution in [0.15, 0.2) is 131 Å². The van der Waals surface area contributed by atoms with Crippen LogP contribution in [0.1, 0.15) is 139 Å². The van der Waals surface area contributed by atoms with E-state index in [9.17, 15) is 19.5 Å². The van der Waals surface area contributed by atoms with Crippen LogP contribution in [0.25, 0.3) is 0 Å². The van der Waals surface area contributed by atoms with E-state index in [-0.39, 0.29) is 36.6 Å². The first kappa shape index (κ1) is 48.1. The van der Waals surface area contributed by atoms with Gasteiger partial charge in [0.15, 0.2) is 5.78 Å². The molecule has 0 aromatic rings. The maximum atomic E-state index is 14.4. The summed E-state index contributed by atoms with van der Waals surface area (Å²) in [6.07, 6.45) is 24.2. The van der Waals surface area contributed by atoms with Crippen molar-refractivity contribution in [1.29, 1.82) is 0 Å². The van der Waals surface area contributed by atoms with Crippen molar-refractivity contribution in [2.24, 2.45) is 44.6 Å². The lowest BCUT2D eigenvalue weighted by Gasteiger charge is -2.19. The molecule has 6 aliphatic rings. The second kappa shape index (κ2) is 21.5. The van der Waals surface area contributed by atoms with E-state index >= 15 is 0 Å². The minimum Gasteiger partial charge on any atom is -0.515 e. The highest BCUT2D eigenvalue weighted by molar-refractivity contribution is 6.42. The normalized spacial score (nSPS) is 23.3. The van der Waals surface area contributed by atoms with Crippen molar-refractivity contribution in [3.63, 3.8) is 0 Å². The Morgan fingerprint density at radius 2 is 1.62 bits per heavy atom. The van der Waals surface area contributed by atoms with Crippen LogP contribution < -0.4 is 5.32 Å². The molecule has 2 unspecified atom stereocenters. The maximum Gasteiger partial charge on any atom is 0.321 e. The van der Waals surface area contributed by atoms with E-state index in [1.54, 1.807) is 6.08 Å². The summed E-state index contributed by atoms with van der Waals surface area (Å²) < 4.78 is 11.0. The van der Waals surface area contributed by atoms with E-state index in [0.717, 1.165) is 53.3 Å². The number of esters is 2. The number of aliphatic imine (C=N–C) groups is 3. The lowest BCUT2D eigenvalue weighted by Crippen LogP contribution is -2.26. The number of Topliss-reactive ketones (excluding diaryl/α,β-unsaturated/α-hetero) is 1. The van der Waals surface area contributed by atoms with E-state index < -0.39 is 11.9 Å². The number of hydrogen-bond donors (Lipinski definition) is 2. The van der Waals surface area contributed by atoms with Crippen molar-refractivity contribution in [3.8, 4) is 0 Å². The van der Waals surface area contributed by atoms with E-state index in [0.29, 0.717) is 75.1 Å². The van der Waals surface area contributed by atoms with Crippen molar-refractivity contribution >= 4 is 34.9 Å². The molecule has 5 atom stereocenters. The number of ether oxygens (including phenoxy) is 2. The summed E-state index contributed by atoms with van der Waals surface area (Å²) in [5, 5.41) is 14.2. The molecule has 2 fully saturated rings. The molecule has 0 amide bonds. The summed E-state index contributed by atoms with van der Waals surface area (Å²) in [4.78, 5) is 56.5. The highest BCUT2D eigenvalue weighted by Crippen LogP contribution is 2.47. The molecular weight excluding hydrogens is 801 g/mol. The Balaban J connectivity index is 1.23. The van der Waals surface area contributed by atoms with Crippen LogP contribution in [0.4, 0.5) is 0 Å². The van der Waals surface area contributed by atoms with Gasteiger partial charge in [0.05, 0.1) is 47.6 Å². The minimum absolute atomic E-state index is 0.118. The summed E-state index contributed by atoms with van der Waals surface area (Å²) in [6.45, 7) is 21.4. The third kappa shape index (κ3) is 10.3. The van der Waals surface area contributed by atoms with Crippen molar-refractivity contribution in [2.45, 2.75) is 139 Å². The number of aliphatic hydroxyl groups is 1. The Hall–Kier alpha value is -5.38. The van der Waals surface area contributed by atoms with Crippen LogP contribution in [-0.4, -0.2) is 53.7 Å². The van der Waals surface area contributed by atoms with E-state index in [1.807, 2.05) is 45.1 Å². The Morgan fingerprint density at radius 1 is 0.922 bits per heavy atom. The first-order valence-corrected chi connectivity index (χ1v) is 23.8. The molecule has 1 saturated carbocycles. The Labute approximate surface area is 381 Å². The molecule has 0 spiro atoms. The number of nitrogens with zero attached hydrogens (tertiary/aromatic N) is 3. The van der Waals surface area contributed by atoms with Gasteiger partial charge < -0.3 is 19.9 Å². The summed E-state index contributed by atoms with van der Waals surface area (Å²) in [6, 6.07) is 0. The van der Waals surface area contributed by atoms with Gasteiger partial charge in [-0.3, -0.25) is 14.4 Å². The largest absolute Gasteiger partial charge is 0.515 e. The fourth-order valence-electron chi connectivity index (χ4n) is 10.0. The summed E-state index contributed by atoms with van der Waals surface area (Å²) >= 11 is 0. The number of methoxy groups -OCH3 is 1. The van der Waals surface area contributed by atoms with E-state index in [2.05, 4.69) is 46.5 Å². The van der Waals surface area contributed by atoms with Crippen LogP contribution in [0, 0.1) is 29.6 Å². The third-order valence-electron chi connectivity index (χ3n) is 14.0. The maximum absolute atomic E-state index is 14.4. The SMILES string of the molecule is C=CC1=C2C=C3N=C(C=C4N=C5C(=C4C)C(=O)[C@H](C(=O)OC)C5=C4NC(=CC(=N2)/C1=C/O)[C@@H](C)[C@@H]4CCC(=O)OC/C=C(\C)CCCC(C)CCCC(C)CCCCC)C(CC)=C3C. The number of allylic oxidation sites excluding steroid dienone is 13. The highest BCUT2D eigenvalue weighted by Gasteiger charge is 2.52. The molecule has 2 N–H and O–H groups in total. The Bertz CT molecular complexity index is 2320. The van der Waals surface area contributed by atoms with Gasteiger partial charge in [-0.25, -0.2) is 15.0 Å². The molecule has 0 radical (unpaired) electrons. The number of nitrogens with one attached hydrogen (secondary N) is 1. The summed E-state index contributed by atoms with van der Waals surface area (Å²) in [5.41, 5.74) is 10.9. The van der Waals surface area contributed by atoms with Crippen LogP contribution in [0.5, 0.6) is 0 Å². The molecule has 342 valence electrons. The molecule has 5 heterocycles. The van der Waals surface area contributed by atoms with Crippen molar-refractivity contribution in [2.75, 3.05) is 13.7 Å². The number of ketones is 1. The first-order valence-electron chi connectivity index (χ1n) is 23.8. The number of unbranched alkanes of at least 4 members (excludes halogenated alkanes) is 2. The number of carbonyl (C=O) groups is 3. The third-order valence-corrected chi connectivity index (χ3v) is 14.0. The predicted molar refractivity (Wildman–Crippen MR) is 258 cm³/mol. The number of hydrogen-bond acceptors (Lipinski definition) is 10. The molecule has 1 aliphatic carbocycles. The molecule has 64 heavy (non-hydrogen) atoms. The second-order valence-corrected chi connectivity index (χ2v) is 18.6. The second-order valence-electron chi connectivity index (χ2n) is 18.6.